The Morgan fingerprint density at radius 3 is 2.12 bits per heavy atom. The van der Waals surface area contributed by atoms with Crippen LogP contribution in [0.4, 0.5) is 17.1 Å². The first-order chi connectivity index (χ1) is 16.4. The maximum absolute atomic E-state index is 12.8. The Morgan fingerprint density at radius 1 is 0.824 bits per heavy atom. The number of carbonyl (C=O) groups excluding carboxylic acids is 2. The van der Waals surface area contributed by atoms with Gasteiger partial charge in [0.15, 0.2) is 0 Å². The number of carbonyl (C=O) groups is 2. The van der Waals surface area contributed by atoms with E-state index in [9.17, 15) is 9.59 Å². The molecule has 0 spiro atoms. The van der Waals surface area contributed by atoms with Gasteiger partial charge in [-0.05, 0) is 57.5 Å². The first-order valence-corrected chi connectivity index (χ1v) is 11.3. The molecular weight excluding hydrogens is 430 g/mol. The molecule has 7 nitrogen and oxygen atoms in total. The fourth-order valence-corrected chi connectivity index (χ4v) is 3.38. The molecule has 0 heterocycles. The standard InChI is InChI=1S/C27H31N3O4/c1-5-33-24-17-23(30-27(32)20-12-8-7-9-13-20)25(34-6-2)16-22(24)28-19(4)26(31)29-21-14-10-11-18(3)15-21/h7-17,19,28H,5-6H2,1-4H3,(H,29,31)(H,30,32). The third-order valence-electron chi connectivity index (χ3n) is 5.02. The first kappa shape index (κ1) is 24.6. The predicted octanol–water partition coefficient (Wildman–Crippen LogP) is 5.48. The third kappa shape index (κ3) is 6.51. The van der Waals surface area contributed by atoms with Crippen molar-refractivity contribution in [3.63, 3.8) is 0 Å². The maximum atomic E-state index is 12.8. The highest BCUT2D eigenvalue weighted by molar-refractivity contribution is 6.05. The van der Waals surface area contributed by atoms with Crippen LogP contribution in [-0.2, 0) is 4.79 Å². The van der Waals surface area contributed by atoms with Crippen LogP contribution < -0.4 is 25.4 Å². The SMILES string of the molecule is CCOc1cc(NC(C)C(=O)Nc2cccc(C)c2)c(OCC)cc1NC(=O)c1ccccc1. The minimum atomic E-state index is -0.557. The lowest BCUT2D eigenvalue weighted by molar-refractivity contribution is -0.116. The summed E-state index contributed by atoms with van der Waals surface area (Å²) in [7, 11) is 0. The molecule has 0 aromatic heterocycles. The van der Waals surface area contributed by atoms with Crippen molar-refractivity contribution in [3.05, 3.63) is 77.9 Å². The zero-order chi connectivity index (χ0) is 24.5. The van der Waals surface area contributed by atoms with Gasteiger partial charge in [0.05, 0.1) is 24.6 Å². The summed E-state index contributed by atoms with van der Waals surface area (Å²) in [6, 6.07) is 19.5. The Bertz CT molecular complexity index is 1130. The fourth-order valence-electron chi connectivity index (χ4n) is 3.38. The van der Waals surface area contributed by atoms with Gasteiger partial charge in [0, 0.05) is 23.4 Å². The largest absolute Gasteiger partial charge is 0.492 e. The predicted molar refractivity (Wildman–Crippen MR) is 136 cm³/mol. The van der Waals surface area contributed by atoms with Gasteiger partial charge in [-0.25, -0.2) is 0 Å². The average molecular weight is 462 g/mol. The van der Waals surface area contributed by atoms with E-state index in [4.69, 9.17) is 9.47 Å². The normalized spacial score (nSPS) is 11.3. The van der Waals surface area contributed by atoms with Gasteiger partial charge in [0.25, 0.3) is 5.91 Å². The summed E-state index contributed by atoms with van der Waals surface area (Å²) in [5.74, 6) is 0.539. The minimum absolute atomic E-state index is 0.188. The lowest BCUT2D eigenvalue weighted by atomic mass is 10.1. The molecule has 2 amide bonds. The number of benzene rings is 3. The van der Waals surface area contributed by atoms with Crippen molar-refractivity contribution < 1.29 is 19.1 Å². The number of nitrogens with one attached hydrogen (secondary N) is 3. The summed E-state index contributed by atoms with van der Waals surface area (Å²) in [6.07, 6.45) is 0. The molecule has 3 rings (SSSR count). The van der Waals surface area contributed by atoms with Gasteiger partial charge in [-0.1, -0.05) is 30.3 Å². The second-order valence-electron chi connectivity index (χ2n) is 7.76. The number of anilines is 3. The van der Waals surface area contributed by atoms with Crippen LogP contribution in [0.1, 0.15) is 36.7 Å². The molecule has 34 heavy (non-hydrogen) atoms. The molecule has 3 aromatic rings. The van der Waals surface area contributed by atoms with Gasteiger partial charge < -0.3 is 25.4 Å². The molecule has 178 valence electrons. The molecule has 0 saturated heterocycles. The smallest absolute Gasteiger partial charge is 0.255 e. The summed E-state index contributed by atoms with van der Waals surface area (Å²) in [6.45, 7) is 8.30. The van der Waals surface area contributed by atoms with Crippen LogP contribution in [0.25, 0.3) is 0 Å². The van der Waals surface area contributed by atoms with E-state index in [0.717, 1.165) is 11.3 Å². The van der Waals surface area contributed by atoms with E-state index in [2.05, 4.69) is 16.0 Å². The molecule has 0 bridgehead atoms. The second-order valence-corrected chi connectivity index (χ2v) is 7.76. The van der Waals surface area contributed by atoms with E-state index >= 15 is 0 Å². The Kier molecular flexibility index (Phi) is 8.51. The fraction of sp³-hybridized carbons (Fsp3) is 0.259. The number of rotatable bonds is 10. The monoisotopic (exact) mass is 461 g/mol. The molecular formula is C27H31N3O4. The Labute approximate surface area is 200 Å². The molecule has 0 aliphatic rings. The Hall–Kier alpha value is -4.00. The number of amides is 2. The second kappa shape index (κ2) is 11.7. The summed E-state index contributed by atoms with van der Waals surface area (Å²) in [4.78, 5) is 25.5. The van der Waals surface area contributed by atoms with Crippen molar-refractivity contribution in [1.82, 2.24) is 0 Å². The highest BCUT2D eigenvalue weighted by atomic mass is 16.5. The minimum Gasteiger partial charge on any atom is -0.492 e. The van der Waals surface area contributed by atoms with Gasteiger partial charge in [0.1, 0.15) is 17.5 Å². The molecule has 1 unspecified atom stereocenters. The lowest BCUT2D eigenvalue weighted by Crippen LogP contribution is -2.32. The highest BCUT2D eigenvalue weighted by Crippen LogP contribution is 2.37. The van der Waals surface area contributed by atoms with Crippen LogP contribution >= 0.6 is 0 Å². The van der Waals surface area contributed by atoms with E-state index in [-0.39, 0.29) is 11.8 Å². The molecule has 0 aliphatic heterocycles. The number of aryl methyl sites for hydroxylation is 1. The van der Waals surface area contributed by atoms with E-state index < -0.39 is 6.04 Å². The highest BCUT2D eigenvalue weighted by Gasteiger charge is 2.19. The summed E-state index contributed by atoms with van der Waals surface area (Å²) in [5.41, 5.74) is 3.41. The van der Waals surface area contributed by atoms with Gasteiger partial charge in [-0.3, -0.25) is 9.59 Å². The lowest BCUT2D eigenvalue weighted by Gasteiger charge is -2.21. The van der Waals surface area contributed by atoms with Crippen LogP contribution in [0.15, 0.2) is 66.7 Å². The molecule has 0 fully saturated rings. The molecule has 7 heteroatoms. The van der Waals surface area contributed by atoms with Crippen LogP contribution in [0, 0.1) is 6.92 Å². The van der Waals surface area contributed by atoms with Crippen LogP contribution in [0.3, 0.4) is 0 Å². The number of hydrogen-bond acceptors (Lipinski definition) is 5. The molecule has 3 N–H and O–H groups in total. The zero-order valence-electron chi connectivity index (χ0n) is 20.0. The average Bonchev–Trinajstić information content (AvgIpc) is 2.82. The quantitative estimate of drug-likeness (QED) is 0.372. The van der Waals surface area contributed by atoms with Gasteiger partial charge in [-0.15, -0.1) is 0 Å². The Balaban J connectivity index is 1.83. The van der Waals surface area contributed by atoms with E-state index in [1.165, 1.54) is 0 Å². The van der Waals surface area contributed by atoms with Gasteiger partial charge in [0.2, 0.25) is 5.91 Å². The molecule has 0 saturated carbocycles. The topological polar surface area (TPSA) is 88.7 Å². The summed E-state index contributed by atoms with van der Waals surface area (Å²) in [5, 5.41) is 9.03. The first-order valence-electron chi connectivity index (χ1n) is 11.3. The van der Waals surface area contributed by atoms with Crippen molar-refractivity contribution in [2.24, 2.45) is 0 Å². The maximum Gasteiger partial charge on any atom is 0.255 e. The zero-order valence-corrected chi connectivity index (χ0v) is 20.0. The van der Waals surface area contributed by atoms with Crippen molar-refractivity contribution in [2.75, 3.05) is 29.2 Å². The third-order valence-corrected chi connectivity index (χ3v) is 5.02. The molecule has 0 aliphatic carbocycles. The van der Waals surface area contributed by atoms with Crippen molar-refractivity contribution in [2.45, 2.75) is 33.7 Å². The number of hydrogen-bond donors (Lipinski definition) is 3. The van der Waals surface area contributed by atoms with Gasteiger partial charge in [-0.2, -0.15) is 0 Å². The molecule has 3 aromatic carbocycles. The van der Waals surface area contributed by atoms with E-state index in [1.54, 1.807) is 43.3 Å². The van der Waals surface area contributed by atoms with Crippen molar-refractivity contribution in [1.29, 1.82) is 0 Å². The Morgan fingerprint density at radius 2 is 1.47 bits per heavy atom. The van der Waals surface area contributed by atoms with Gasteiger partial charge >= 0.3 is 0 Å². The van der Waals surface area contributed by atoms with Crippen molar-refractivity contribution >= 4 is 28.9 Å². The van der Waals surface area contributed by atoms with Crippen LogP contribution in [0.2, 0.25) is 0 Å². The van der Waals surface area contributed by atoms with Crippen molar-refractivity contribution in [3.8, 4) is 11.5 Å². The van der Waals surface area contributed by atoms with Crippen LogP contribution in [0.5, 0.6) is 11.5 Å². The summed E-state index contributed by atoms with van der Waals surface area (Å²) >= 11 is 0. The van der Waals surface area contributed by atoms with E-state index in [0.29, 0.717) is 41.7 Å². The van der Waals surface area contributed by atoms with Crippen LogP contribution in [-0.4, -0.2) is 31.1 Å². The number of ether oxygens (including phenoxy) is 2. The molecule has 1 atom stereocenters. The van der Waals surface area contributed by atoms with E-state index in [1.807, 2.05) is 51.1 Å². The summed E-state index contributed by atoms with van der Waals surface area (Å²) < 4.78 is 11.6. The molecule has 0 radical (unpaired) electrons.